The van der Waals surface area contributed by atoms with Crippen LogP contribution in [0.1, 0.15) is 42.0 Å². The number of fused-ring (bicyclic) bond motifs is 1. The zero-order chi connectivity index (χ0) is 27.0. The molecule has 5 rings (SSSR count). The minimum Gasteiger partial charge on any atom is -0.493 e. The van der Waals surface area contributed by atoms with Gasteiger partial charge in [-0.3, -0.25) is 9.59 Å². The Morgan fingerprint density at radius 1 is 1.03 bits per heavy atom. The van der Waals surface area contributed by atoms with Gasteiger partial charge in [0.15, 0.2) is 17.4 Å². The Labute approximate surface area is 229 Å². The number of esters is 2. The van der Waals surface area contributed by atoms with Gasteiger partial charge in [0.1, 0.15) is 6.61 Å². The van der Waals surface area contributed by atoms with Crippen LogP contribution in [0.3, 0.4) is 0 Å². The van der Waals surface area contributed by atoms with Crippen LogP contribution in [0.25, 0.3) is 10.9 Å². The number of ether oxygens (including phenoxy) is 4. The molecule has 1 fully saturated rings. The van der Waals surface area contributed by atoms with Gasteiger partial charge in [-0.1, -0.05) is 48.0 Å². The summed E-state index contributed by atoms with van der Waals surface area (Å²) in [4.78, 5) is 29.8. The van der Waals surface area contributed by atoms with Crippen LogP contribution in [-0.2, 0) is 25.7 Å². The molecule has 1 N–H and O–H groups in total. The number of aromatic amines is 1. The predicted molar refractivity (Wildman–Crippen MR) is 146 cm³/mol. The summed E-state index contributed by atoms with van der Waals surface area (Å²) in [6.45, 7) is 5.46. The van der Waals surface area contributed by atoms with E-state index < -0.39 is 29.6 Å². The fourth-order valence-electron chi connectivity index (χ4n) is 4.80. The number of para-hydroxylation sites is 1. The summed E-state index contributed by atoms with van der Waals surface area (Å²) >= 11 is 3.63. The smallest absolute Gasteiger partial charge is 0.324 e. The summed E-state index contributed by atoms with van der Waals surface area (Å²) in [7, 11) is 1.55. The van der Waals surface area contributed by atoms with Gasteiger partial charge in [-0.25, -0.2) is 0 Å². The molecule has 1 atom stereocenters. The molecule has 0 bridgehead atoms. The normalized spacial score (nSPS) is 16.1. The van der Waals surface area contributed by atoms with Gasteiger partial charge < -0.3 is 23.9 Å². The van der Waals surface area contributed by atoms with E-state index in [0.29, 0.717) is 28.1 Å². The first-order chi connectivity index (χ1) is 18.2. The number of hydrogen-bond acceptors (Lipinski definition) is 6. The second-order valence-corrected chi connectivity index (χ2v) is 10.6. The van der Waals surface area contributed by atoms with Gasteiger partial charge in [-0.2, -0.15) is 0 Å². The molecule has 8 heteroatoms. The molecule has 4 aromatic rings. The average Bonchev–Trinajstić information content (AvgIpc) is 3.29. The number of H-pyrrole nitrogens is 1. The van der Waals surface area contributed by atoms with E-state index in [-0.39, 0.29) is 0 Å². The zero-order valence-electron chi connectivity index (χ0n) is 21.5. The van der Waals surface area contributed by atoms with E-state index in [1.54, 1.807) is 27.0 Å². The number of benzene rings is 3. The molecule has 3 aromatic carbocycles. The standard InChI is InChI=1S/C30H28BrNO6/c1-17-9-11-18(12-10-17)16-36-27-22(31)13-19(14-24(27)35-4)25(21-15-32-23-8-6-5-7-20(21)23)26-28(33)37-30(2,3)38-29(26)34/h5-15,25-26,32H,16H2,1-4H3/t25-/m1/s1. The lowest BCUT2D eigenvalue weighted by atomic mass is 9.80. The van der Waals surface area contributed by atoms with E-state index in [9.17, 15) is 9.59 Å². The molecule has 1 saturated heterocycles. The molecule has 1 aliphatic rings. The zero-order valence-corrected chi connectivity index (χ0v) is 23.1. The third-order valence-electron chi connectivity index (χ3n) is 6.60. The van der Waals surface area contributed by atoms with Gasteiger partial charge >= 0.3 is 11.9 Å². The molecule has 0 saturated carbocycles. The first-order valence-electron chi connectivity index (χ1n) is 12.2. The van der Waals surface area contributed by atoms with Crippen molar-refractivity contribution in [2.45, 2.75) is 39.1 Å². The summed E-state index contributed by atoms with van der Waals surface area (Å²) < 4.78 is 23.5. The van der Waals surface area contributed by atoms with Crippen LogP contribution in [-0.4, -0.2) is 29.8 Å². The maximum atomic E-state index is 13.3. The first-order valence-corrected chi connectivity index (χ1v) is 13.0. The van der Waals surface area contributed by atoms with Crippen LogP contribution < -0.4 is 9.47 Å². The SMILES string of the molecule is COc1cc([C@H](c2c[nH]c3ccccc23)C2C(=O)OC(C)(C)OC2=O)cc(Br)c1OCc1ccc(C)cc1. The molecule has 0 radical (unpaired) electrons. The number of aryl methyl sites for hydroxylation is 1. The topological polar surface area (TPSA) is 86.9 Å². The van der Waals surface area contributed by atoms with E-state index in [1.165, 1.54) is 5.56 Å². The number of hydrogen-bond donors (Lipinski definition) is 1. The van der Waals surface area contributed by atoms with Crippen molar-refractivity contribution < 1.29 is 28.5 Å². The molecule has 0 spiro atoms. The summed E-state index contributed by atoms with van der Waals surface area (Å²) in [6, 6.07) is 19.4. The lowest BCUT2D eigenvalue weighted by Crippen LogP contribution is -2.48. The highest BCUT2D eigenvalue weighted by Gasteiger charge is 2.49. The highest BCUT2D eigenvalue weighted by Crippen LogP contribution is 2.45. The minimum absolute atomic E-state index is 0.344. The van der Waals surface area contributed by atoms with Crippen molar-refractivity contribution in [1.82, 2.24) is 4.98 Å². The molecular formula is C30H28BrNO6. The first kappa shape index (κ1) is 25.9. The number of cyclic esters (lactones) is 2. The molecule has 38 heavy (non-hydrogen) atoms. The highest BCUT2D eigenvalue weighted by atomic mass is 79.9. The monoisotopic (exact) mass is 577 g/mol. The minimum atomic E-state index is -1.33. The number of aromatic nitrogens is 1. The Kier molecular flexibility index (Phi) is 6.92. The van der Waals surface area contributed by atoms with Crippen LogP contribution in [0.15, 0.2) is 71.3 Å². The van der Waals surface area contributed by atoms with E-state index in [2.05, 4.69) is 20.9 Å². The average molecular weight is 578 g/mol. The maximum Gasteiger partial charge on any atom is 0.324 e. The predicted octanol–water partition coefficient (Wildman–Crippen LogP) is 6.41. The number of carbonyl (C=O) groups is 2. The molecule has 2 heterocycles. The summed E-state index contributed by atoms with van der Waals surface area (Å²) in [6.07, 6.45) is 1.82. The molecule has 0 amide bonds. The van der Waals surface area contributed by atoms with Crippen molar-refractivity contribution in [2.75, 3.05) is 7.11 Å². The number of halogens is 1. The number of methoxy groups -OCH3 is 1. The fourth-order valence-corrected chi connectivity index (χ4v) is 5.38. The van der Waals surface area contributed by atoms with Crippen molar-refractivity contribution >= 4 is 38.8 Å². The molecular weight excluding hydrogens is 550 g/mol. The van der Waals surface area contributed by atoms with Crippen molar-refractivity contribution in [1.29, 1.82) is 0 Å². The van der Waals surface area contributed by atoms with Gasteiger partial charge in [-0.05, 0) is 57.7 Å². The fraction of sp³-hybridized carbons (Fsp3) is 0.267. The van der Waals surface area contributed by atoms with E-state index >= 15 is 0 Å². The van der Waals surface area contributed by atoms with E-state index in [1.807, 2.05) is 67.7 Å². The van der Waals surface area contributed by atoms with Gasteiger partial charge in [0.05, 0.1) is 11.6 Å². The van der Waals surface area contributed by atoms with Crippen LogP contribution >= 0.6 is 15.9 Å². The third-order valence-corrected chi connectivity index (χ3v) is 7.19. The molecule has 7 nitrogen and oxygen atoms in total. The largest absolute Gasteiger partial charge is 0.493 e. The summed E-state index contributed by atoms with van der Waals surface area (Å²) in [5, 5.41) is 0.887. The molecule has 1 aromatic heterocycles. The van der Waals surface area contributed by atoms with E-state index in [4.69, 9.17) is 18.9 Å². The van der Waals surface area contributed by atoms with Crippen molar-refractivity contribution in [2.24, 2.45) is 5.92 Å². The quantitative estimate of drug-likeness (QED) is 0.202. The van der Waals surface area contributed by atoms with Gasteiger partial charge in [0, 0.05) is 36.9 Å². The van der Waals surface area contributed by atoms with Crippen molar-refractivity contribution in [3.05, 3.63) is 93.6 Å². The summed E-state index contributed by atoms with van der Waals surface area (Å²) in [5.74, 6) is -3.56. The van der Waals surface area contributed by atoms with Gasteiger partial charge in [-0.15, -0.1) is 0 Å². The van der Waals surface area contributed by atoms with Crippen LogP contribution in [0.4, 0.5) is 0 Å². The van der Waals surface area contributed by atoms with Gasteiger partial charge in [0.2, 0.25) is 0 Å². The van der Waals surface area contributed by atoms with Crippen LogP contribution in [0, 0.1) is 12.8 Å². The second kappa shape index (κ2) is 10.2. The number of carbonyl (C=O) groups excluding carboxylic acids is 2. The Balaban J connectivity index is 1.59. The van der Waals surface area contributed by atoms with Crippen LogP contribution in [0.5, 0.6) is 11.5 Å². The Morgan fingerprint density at radius 2 is 1.71 bits per heavy atom. The highest BCUT2D eigenvalue weighted by molar-refractivity contribution is 9.10. The molecule has 0 unspecified atom stereocenters. The lowest BCUT2D eigenvalue weighted by molar-refractivity contribution is -0.240. The van der Waals surface area contributed by atoms with Gasteiger partial charge in [0.25, 0.3) is 5.79 Å². The second-order valence-electron chi connectivity index (χ2n) is 9.80. The van der Waals surface area contributed by atoms with E-state index in [0.717, 1.165) is 22.0 Å². The summed E-state index contributed by atoms with van der Waals surface area (Å²) in [5.41, 5.74) is 4.50. The molecule has 196 valence electrons. The Bertz CT molecular complexity index is 1490. The number of rotatable bonds is 7. The Morgan fingerprint density at radius 3 is 2.39 bits per heavy atom. The third kappa shape index (κ3) is 5.00. The Hall–Kier alpha value is -3.78. The number of nitrogens with one attached hydrogen (secondary N) is 1. The lowest BCUT2D eigenvalue weighted by Gasteiger charge is -2.36. The molecule has 1 aliphatic heterocycles. The van der Waals surface area contributed by atoms with Crippen LogP contribution in [0.2, 0.25) is 0 Å². The van der Waals surface area contributed by atoms with Crippen molar-refractivity contribution in [3.63, 3.8) is 0 Å². The maximum absolute atomic E-state index is 13.3. The van der Waals surface area contributed by atoms with Crippen molar-refractivity contribution in [3.8, 4) is 11.5 Å². The molecule has 0 aliphatic carbocycles.